The van der Waals surface area contributed by atoms with Crippen LogP contribution in [0.2, 0.25) is 0 Å². The molecule has 1 fully saturated rings. The molecule has 3 N–H and O–H groups in total. The van der Waals surface area contributed by atoms with E-state index < -0.39 is 0 Å². The van der Waals surface area contributed by atoms with Gasteiger partial charge in [0, 0.05) is 30.7 Å². The van der Waals surface area contributed by atoms with Gasteiger partial charge in [0.05, 0.1) is 6.10 Å². The molecule has 18 heavy (non-hydrogen) atoms. The van der Waals surface area contributed by atoms with Crippen LogP contribution in [0.4, 0.5) is 10.1 Å². The van der Waals surface area contributed by atoms with E-state index in [0.717, 1.165) is 31.6 Å². The third kappa shape index (κ3) is 3.00. The van der Waals surface area contributed by atoms with Crippen molar-refractivity contribution in [3.05, 3.63) is 30.1 Å². The molecule has 0 aliphatic carbocycles. The lowest BCUT2D eigenvalue weighted by Crippen LogP contribution is -2.50. The van der Waals surface area contributed by atoms with Crippen LogP contribution in [-0.4, -0.2) is 30.3 Å². The number of aliphatic hydroxyl groups excluding tert-OH is 1. The Morgan fingerprint density at radius 1 is 1.50 bits per heavy atom. The van der Waals surface area contributed by atoms with E-state index in [1.807, 2.05) is 13.0 Å². The van der Waals surface area contributed by atoms with E-state index >= 15 is 0 Å². The van der Waals surface area contributed by atoms with Crippen LogP contribution in [0.1, 0.15) is 19.8 Å². The fourth-order valence-electron chi connectivity index (χ4n) is 2.67. The normalized spacial score (nSPS) is 26.1. The number of nitrogens with zero attached hydrogens (tertiary/aromatic N) is 1. The highest BCUT2D eigenvalue weighted by molar-refractivity contribution is 5.47. The van der Waals surface area contributed by atoms with E-state index in [0.29, 0.717) is 0 Å². The monoisotopic (exact) mass is 252 g/mol. The van der Waals surface area contributed by atoms with Gasteiger partial charge in [0.2, 0.25) is 0 Å². The molecule has 4 heteroatoms. The summed E-state index contributed by atoms with van der Waals surface area (Å²) in [4.78, 5) is 2.07. The van der Waals surface area contributed by atoms with Crippen molar-refractivity contribution < 1.29 is 9.50 Å². The van der Waals surface area contributed by atoms with Gasteiger partial charge in [-0.15, -0.1) is 0 Å². The van der Waals surface area contributed by atoms with Crippen molar-refractivity contribution in [2.45, 2.75) is 31.9 Å². The van der Waals surface area contributed by atoms with Crippen LogP contribution in [0.25, 0.3) is 0 Å². The maximum Gasteiger partial charge on any atom is 0.125 e. The molecule has 3 atom stereocenters. The van der Waals surface area contributed by atoms with Crippen LogP contribution >= 0.6 is 0 Å². The Balaban J connectivity index is 2.13. The topological polar surface area (TPSA) is 49.5 Å². The molecule has 2 rings (SSSR count). The van der Waals surface area contributed by atoms with Crippen molar-refractivity contribution in [3.8, 4) is 0 Å². The first-order valence-corrected chi connectivity index (χ1v) is 6.54. The van der Waals surface area contributed by atoms with Crippen LogP contribution in [0.5, 0.6) is 0 Å². The van der Waals surface area contributed by atoms with Crippen molar-refractivity contribution in [1.82, 2.24) is 0 Å². The largest absolute Gasteiger partial charge is 0.393 e. The number of nitrogens with two attached hydrogens (primary N) is 1. The molecular weight excluding hydrogens is 231 g/mol. The first kappa shape index (κ1) is 13.3. The number of rotatable bonds is 3. The van der Waals surface area contributed by atoms with E-state index in [-0.39, 0.29) is 23.9 Å². The SMILES string of the molecule is CCC(O)C1CC(N)CN(c2cccc(F)c2)C1. The number of hydrogen-bond donors (Lipinski definition) is 2. The first-order chi connectivity index (χ1) is 8.60. The maximum atomic E-state index is 13.2. The summed E-state index contributed by atoms with van der Waals surface area (Å²) in [6.45, 7) is 3.43. The summed E-state index contributed by atoms with van der Waals surface area (Å²) in [6, 6.07) is 6.58. The van der Waals surface area contributed by atoms with Gasteiger partial charge >= 0.3 is 0 Å². The standard InChI is InChI=1S/C14H21FN2O/c1-2-14(18)10-6-12(16)9-17(8-10)13-5-3-4-11(15)7-13/h3-5,7,10,12,14,18H,2,6,8-9,16H2,1H3. The van der Waals surface area contributed by atoms with Gasteiger partial charge in [-0.25, -0.2) is 4.39 Å². The van der Waals surface area contributed by atoms with Gasteiger partial charge in [-0.05, 0) is 31.0 Å². The zero-order valence-electron chi connectivity index (χ0n) is 10.7. The predicted molar refractivity (Wildman–Crippen MR) is 71.0 cm³/mol. The average Bonchev–Trinajstić information content (AvgIpc) is 2.37. The fourth-order valence-corrected chi connectivity index (χ4v) is 2.67. The van der Waals surface area contributed by atoms with Gasteiger partial charge in [0.1, 0.15) is 5.82 Å². The lowest BCUT2D eigenvalue weighted by molar-refractivity contribution is 0.0902. The molecule has 1 aliphatic heterocycles. The third-order valence-corrected chi connectivity index (χ3v) is 3.65. The van der Waals surface area contributed by atoms with Crippen LogP contribution in [0, 0.1) is 11.7 Å². The lowest BCUT2D eigenvalue weighted by Gasteiger charge is -2.39. The Labute approximate surface area is 107 Å². The molecule has 1 aromatic carbocycles. The quantitative estimate of drug-likeness (QED) is 0.861. The van der Waals surface area contributed by atoms with Crippen LogP contribution in [-0.2, 0) is 0 Å². The molecule has 0 bridgehead atoms. The van der Waals surface area contributed by atoms with Gasteiger partial charge < -0.3 is 15.7 Å². The Hall–Kier alpha value is -1.13. The number of benzene rings is 1. The molecule has 0 aromatic heterocycles. The molecule has 3 nitrogen and oxygen atoms in total. The van der Waals surface area contributed by atoms with E-state index in [1.165, 1.54) is 12.1 Å². The summed E-state index contributed by atoms with van der Waals surface area (Å²) >= 11 is 0. The summed E-state index contributed by atoms with van der Waals surface area (Å²) in [5.41, 5.74) is 6.88. The minimum absolute atomic E-state index is 0.0354. The molecule has 1 aliphatic rings. The Morgan fingerprint density at radius 3 is 2.94 bits per heavy atom. The zero-order valence-corrected chi connectivity index (χ0v) is 10.7. The number of aliphatic hydroxyl groups is 1. The van der Waals surface area contributed by atoms with Gasteiger partial charge in [-0.2, -0.15) is 0 Å². The van der Waals surface area contributed by atoms with Crippen molar-refractivity contribution in [3.63, 3.8) is 0 Å². The summed E-state index contributed by atoms with van der Waals surface area (Å²) < 4.78 is 13.2. The third-order valence-electron chi connectivity index (χ3n) is 3.65. The molecule has 0 radical (unpaired) electrons. The highest BCUT2D eigenvalue weighted by Gasteiger charge is 2.29. The summed E-state index contributed by atoms with van der Waals surface area (Å²) in [5.74, 6) is -0.0683. The molecule has 1 heterocycles. The first-order valence-electron chi connectivity index (χ1n) is 6.54. The van der Waals surface area contributed by atoms with Crippen LogP contribution in [0.15, 0.2) is 24.3 Å². The zero-order chi connectivity index (χ0) is 13.1. The fraction of sp³-hybridized carbons (Fsp3) is 0.571. The van der Waals surface area contributed by atoms with E-state index in [4.69, 9.17) is 5.73 Å². The van der Waals surface area contributed by atoms with E-state index in [9.17, 15) is 9.50 Å². The molecule has 3 unspecified atom stereocenters. The second-order valence-electron chi connectivity index (χ2n) is 5.12. The summed E-state index contributed by atoms with van der Waals surface area (Å²) in [7, 11) is 0. The highest BCUT2D eigenvalue weighted by Crippen LogP contribution is 2.26. The summed E-state index contributed by atoms with van der Waals surface area (Å²) in [5, 5.41) is 9.96. The molecule has 0 amide bonds. The Bertz CT molecular complexity index is 399. The molecule has 1 aromatic rings. The van der Waals surface area contributed by atoms with E-state index in [1.54, 1.807) is 6.07 Å². The smallest absolute Gasteiger partial charge is 0.125 e. The highest BCUT2D eigenvalue weighted by atomic mass is 19.1. The number of hydrogen-bond acceptors (Lipinski definition) is 3. The molecule has 100 valence electrons. The Morgan fingerprint density at radius 2 is 2.28 bits per heavy atom. The van der Waals surface area contributed by atoms with Gasteiger partial charge in [0.25, 0.3) is 0 Å². The maximum absolute atomic E-state index is 13.2. The van der Waals surface area contributed by atoms with Crippen LogP contribution in [0.3, 0.4) is 0 Å². The average molecular weight is 252 g/mol. The molecular formula is C14H21FN2O. The molecule has 0 saturated carbocycles. The van der Waals surface area contributed by atoms with Gasteiger partial charge in [-0.3, -0.25) is 0 Å². The Kier molecular flexibility index (Phi) is 4.19. The number of anilines is 1. The second kappa shape index (κ2) is 5.67. The number of halogens is 1. The van der Waals surface area contributed by atoms with Crippen molar-refractivity contribution >= 4 is 5.69 Å². The minimum Gasteiger partial charge on any atom is -0.393 e. The van der Waals surface area contributed by atoms with E-state index in [2.05, 4.69) is 4.90 Å². The molecule has 1 saturated heterocycles. The minimum atomic E-state index is -0.326. The lowest BCUT2D eigenvalue weighted by atomic mass is 9.88. The van der Waals surface area contributed by atoms with Crippen LogP contribution < -0.4 is 10.6 Å². The number of piperidine rings is 1. The van der Waals surface area contributed by atoms with Gasteiger partial charge in [0.15, 0.2) is 0 Å². The van der Waals surface area contributed by atoms with Gasteiger partial charge in [-0.1, -0.05) is 13.0 Å². The molecule has 0 spiro atoms. The predicted octanol–water partition coefficient (Wildman–Crippen LogP) is 1.75. The van der Waals surface area contributed by atoms with Crippen molar-refractivity contribution in [2.75, 3.05) is 18.0 Å². The van der Waals surface area contributed by atoms with Crippen molar-refractivity contribution in [1.29, 1.82) is 0 Å². The second-order valence-corrected chi connectivity index (χ2v) is 5.12. The van der Waals surface area contributed by atoms with Crippen molar-refractivity contribution in [2.24, 2.45) is 11.7 Å². The summed E-state index contributed by atoms with van der Waals surface area (Å²) in [6.07, 6.45) is 1.24.